The SMILES string of the molecule is CC1(CO)OCCc2c1[nH]c(=O)c1sc(-c3cn[nH]c3)cc21. The molecular weight excluding hydrogens is 302 g/mol. The van der Waals surface area contributed by atoms with Gasteiger partial charge in [0.1, 0.15) is 10.3 Å². The Morgan fingerprint density at radius 3 is 3.14 bits per heavy atom. The Bertz CT molecular complexity index is 897. The first-order valence-corrected chi connectivity index (χ1v) is 7.87. The molecule has 22 heavy (non-hydrogen) atoms. The average molecular weight is 317 g/mol. The van der Waals surface area contributed by atoms with E-state index in [2.05, 4.69) is 15.2 Å². The molecule has 4 heterocycles. The normalized spacial score (nSPS) is 21.2. The second-order valence-electron chi connectivity index (χ2n) is 5.64. The van der Waals surface area contributed by atoms with Crippen molar-refractivity contribution in [2.45, 2.75) is 18.9 Å². The van der Waals surface area contributed by atoms with Crippen molar-refractivity contribution in [2.75, 3.05) is 13.2 Å². The highest BCUT2D eigenvalue weighted by Crippen LogP contribution is 2.38. The molecule has 0 saturated carbocycles. The number of ether oxygens (including phenoxy) is 1. The Balaban J connectivity index is 2.01. The third-order valence-electron chi connectivity index (χ3n) is 4.19. The summed E-state index contributed by atoms with van der Waals surface area (Å²) < 4.78 is 6.40. The number of aliphatic hydroxyl groups is 1. The van der Waals surface area contributed by atoms with Crippen LogP contribution in [0.2, 0.25) is 0 Å². The van der Waals surface area contributed by atoms with E-state index >= 15 is 0 Å². The summed E-state index contributed by atoms with van der Waals surface area (Å²) in [6, 6.07) is 2.03. The van der Waals surface area contributed by atoms with Crippen molar-refractivity contribution in [2.24, 2.45) is 0 Å². The lowest BCUT2D eigenvalue weighted by molar-refractivity contribution is -0.0832. The molecule has 0 amide bonds. The van der Waals surface area contributed by atoms with Crippen molar-refractivity contribution in [1.29, 1.82) is 0 Å². The summed E-state index contributed by atoms with van der Waals surface area (Å²) in [6.07, 6.45) is 4.28. The first-order chi connectivity index (χ1) is 10.6. The lowest BCUT2D eigenvalue weighted by Crippen LogP contribution is -2.38. The van der Waals surface area contributed by atoms with Gasteiger partial charge in [-0.2, -0.15) is 5.10 Å². The summed E-state index contributed by atoms with van der Waals surface area (Å²) in [6.45, 7) is 2.17. The number of pyridine rings is 1. The van der Waals surface area contributed by atoms with Crippen LogP contribution in [0, 0.1) is 0 Å². The predicted octanol–water partition coefficient (Wildman–Crippen LogP) is 1.76. The number of H-pyrrole nitrogens is 2. The molecule has 0 spiro atoms. The molecule has 114 valence electrons. The van der Waals surface area contributed by atoms with Gasteiger partial charge in [0, 0.05) is 22.0 Å². The topological polar surface area (TPSA) is 91.0 Å². The van der Waals surface area contributed by atoms with E-state index in [0.29, 0.717) is 17.0 Å². The van der Waals surface area contributed by atoms with E-state index in [1.807, 2.05) is 12.3 Å². The largest absolute Gasteiger partial charge is 0.393 e. The molecule has 1 unspecified atom stereocenters. The van der Waals surface area contributed by atoms with Crippen LogP contribution in [-0.2, 0) is 16.8 Å². The minimum Gasteiger partial charge on any atom is -0.393 e. The van der Waals surface area contributed by atoms with E-state index in [1.165, 1.54) is 11.3 Å². The van der Waals surface area contributed by atoms with Crippen molar-refractivity contribution in [3.8, 4) is 10.4 Å². The van der Waals surface area contributed by atoms with Gasteiger partial charge >= 0.3 is 0 Å². The minimum atomic E-state index is -0.849. The summed E-state index contributed by atoms with van der Waals surface area (Å²) >= 11 is 1.46. The Labute approximate surface area is 129 Å². The fourth-order valence-electron chi connectivity index (χ4n) is 2.98. The van der Waals surface area contributed by atoms with Crippen molar-refractivity contribution < 1.29 is 9.84 Å². The second kappa shape index (κ2) is 4.77. The number of rotatable bonds is 2. The molecule has 7 heteroatoms. The molecule has 0 saturated heterocycles. The summed E-state index contributed by atoms with van der Waals surface area (Å²) in [5.41, 5.74) is 1.72. The first kappa shape index (κ1) is 13.7. The van der Waals surface area contributed by atoms with Crippen molar-refractivity contribution in [3.05, 3.63) is 40.1 Å². The number of fused-ring (bicyclic) bond motifs is 3. The van der Waals surface area contributed by atoms with Gasteiger partial charge in [0.05, 0.1) is 25.1 Å². The highest BCUT2D eigenvalue weighted by molar-refractivity contribution is 7.22. The smallest absolute Gasteiger partial charge is 0.266 e. The third kappa shape index (κ3) is 1.86. The van der Waals surface area contributed by atoms with Crippen LogP contribution in [0.25, 0.3) is 20.5 Å². The number of nitrogens with one attached hydrogen (secondary N) is 2. The van der Waals surface area contributed by atoms with E-state index in [9.17, 15) is 9.90 Å². The molecule has 0 aliphatic carbocycles. The van der Waals surface area contributed by atoms with Gasteiger partial charge < -0.3 is 14.8 Å². The Morgan fingerprint density at radius 2 is 2.41 bits per heavy atom. The Kier molecular flexibility index (Phi) is 2.97. The Morgan fingerprint density at radius 1 is 1.55 bits per heavy atom. The second-order valence-corrected chi connectivity index (χ2v) is 6.69. The summed E-state index contributed by atoms with van der Waals surface area (Å²) in [7, 11) is 0. The zero-order valence-corrected chi connectivity index (χ0v) is 12.8. The molecular formula is C15H15N3O3S. The molecule has 4 rings (SSSR count). The summed E-state index contributed by atoms with van der Waals surface area (Å²) in [5.74, 6) is 0. The van der Waals surface area contributed by atoms with Crippen LogP contribution in [0.4, 0.5) is 0 Å². The molecule has 0 bridgehead atoms. The summed E-state index contributed by atoms with van der Waals surface area (Å²) in [4.78, 5) is 16.3. The van der Waals surface area contributed by atoms with E-state index in [0.717, 1.165) is 27.8 Å². The van der Waals surface area contributed by atoms with Crippen molar-refractivity contribution in [3.63, 3.8) is 0 Å². The van der Waals surface area contributed by atoms with Crippen LogP contribution < -0.4 is 5.56 Å². The van der Waals surface area contributed by atoms with Crippen molar-refractivity contribution in [1.82, 2.24) is 15.2 Å². The van der Waals surface area contributed by atoms with E-state index in [1.54, 1.807) is 13.1 Å². The quantitative estimate of drug-likeness (QED) is 0.671. The maximum atomic E-state index is 12.4. The highest BCUT2D eigenvalue weighted by atomic mass is 32.1. The molecule has 6 nitrogen and oxygen atoms in total. The molecule has 3 aromatic rings. The van der Waals surface area contributed by atoms with Crippen LogP contribution in [0.5, 0.6) is 0 Å². The van der Waals surface area contributed by atoms with E-state index in [-0.39, 0.29) is 12.2 Å². The lowest BCUT2D eigenvalue weighted by Gasteiger charge is -2.34. The number of thiophene rings is 1. The van der Waals surface area contributed by atoms with Gasteiger partial charge in [-0.25, -0.2) is 0 Å². The summed E-state index contributed by atoms with van der Waals surface area (Å²) in [5, 5.41) is 17.4. The molecule has 0 fully saturated rings. The predicted molar refractivity (Wildman–Crippen MR) is 84.1 cm³/mol. The number of nitrogens with zero attached hydrogens (tertiary/aromatic N) is 1. The number of aliphatic hydroxyl groups excluding tert-OH is 1. The van der Waals surface area contributed by atoms with E-state index < -0.39 is 5.60 Å². The first-order valence-electron chi connectivity index (χ1n) is 7.05. The van der Waals surface area contributed by atoms with Crippen molar-refractivity contribution >= 4 is 21.4 Å². The molecule has 3 N–H and O–H groups in total. The van der Waals surface area contributed by atoms with Crippen LogP contribution in [0.3, 0.4) is 0 Å². The molecule has 1 atom stereocenters. The fraction of sp³-hybridized carbons (Fsp3) is 0.333. The van der Waals surface area contributed by atoms with Gasteiger partial charge in [0.25, 0.3) is 5.56 Å². The Hall–Kier alpha value is -1.96. The minimum absolute atomic E-state index is 0.140. The lowest BCUT2D eigenvalue weighted by atomic mass is 9.91. The fourth-order valence-corrected chi connectivity index (χ4v) is 4.04. The molecule has 1 aliphatic rings. The third-order valence-corrected chi connectivity index (χ3v) is 5.37. The highest BCUT2D eigenvalue weighted by Gasteiger charge is 2.35. The number of aromatic nitrogens is 3. The van der Waals surface area contributed by atoms with Crippen LogP contribution in [-0.4, -0.2) is 33.5 Å². The zero-order valence-electron chi connectivity index (χ0n) is 12.0. The van der Waals surface area contributed by atoms with Gasteiger partial charge in [-0.1, -0.05) is 0 Å². The average Bonchev–Trinajstić information content (AvgIpc) is 3.17. The van der Waals surface area contributed by atoms with Gasteiger partial charge in [-0.3, -0.25) is 9.89 Å². The van der Waals surface area contributed by atoms with Gasteiger partial charge in [-0.15, -0.1) is 11.3 Å². The van der Waals surface area contributed by atoms with Gasteiger partial charge in [0.15, 0.2) is 0 Å². The van der Waals surface area contributed by atoms with E-state index in [4.69, 9.17) is 4.74 Å². The number of hydrogen-bond acceptors (Lipinski definition) is 5. The van der Waals surface area contributed by atoms with Crippen LogP contribution in [0.1, 0.15) is 18.2 Å². The monoisotopic (exact) mass is 317 g/mol. The van der Waals surface area contributed by atoms with Crippen LogP contribution in [0.15, 0.2) is 23.3 Å². The number of hydrogen-bond donors (Lipinski definition) is 3. The molecule has 1 aliphatic heterocycles. The van der Waals surface area contributed by atoms with Crippen LogP contribution >= 0.6 is 11.3 Å². The zero-order chi connectivity index (χ0) is 15.3. The maximum absolute atomic E-state index is 12.4. The standard InChI is InChI=1S/C15H15N3O3S/c1-15(7-19)13-9(2-3-21-15)10-4-11(8-5-16-17-6-8)22-12(10)14(20)18-13/h4-6,19H,2-3,7H2,1H3,(H,16,17)(H,18,20). The van der Waals surface area contributed by atoms with Gasteiger partial charge in [0.2, 0.25) is 0 Å². The molecule has 0 aromatic carbocycles. The molecule has 3 aromatic heterocycles. The van der Waals surface area contributed by atoms with Gasteiger partial charge in [-0.05, 0) is 25.0 Å². The maximum Gasteiger partial charge on any atom is 0.266 e. The number of aromatic amines is 2. The molecule has 0 radical (unpaired) electrons.